The first kappa shape index (κ1) is 21.8. The van der Waals surface area contributed by atoms with E-state index in [1.54, 1.807) is 43.1 Å². The molecule has 8 heteroatoms. The number of benzene rings is 3. The number of aromatic nitrogens is 3. The number of rotatable bonds is 7. The number of methoxy groups -OCH3 is 2. The van der Waals surface area contributed by atoms with Crippen LogP contribution in [-0.2, 0) is 4.79 Å². The Morgan fingerprint density at radius 2 is 1.88 bits per heavy atom. The molecule has 2 heterocycles. The molecule has 5 aromatic rings. The average Bonchev–Trinajstić information content (AvgIpc) is 3.32. The molecule has 0 aliphatic rings. The van der Waals surface area contributed by atoms with E-state index in [1.165, 1.54) is 11.8 Å². The summed E-state index contributed by atoms with van der Waals surface area (Å²) in [6, 6.07) is 21.7. The van der Waals surface area contributed by atoms with Crippen molar-refractivity contribution in [3.63, 3.8) is 0 Å². The third-order valence-electron chi connectivity index (χ3n) is 5.44. The predicted octanol–water partition coefficient (Wildman–Crippen LogP) is 5.30. The van der Waals surface area contributed by atoms with Crippen molar-refractivity contribution < 1.29 is 14.3 Å². The molecule has 7 nitrogen and oxygen atoms in total. The van der Waals surface area contributed by atoms with Crippen LogP contribution in [0, 0.1) is 0 Å². The Balaban J connectivity index is 1.37. The molecule has 1 amide bonds. The lowest BCUT2D eigenvalue weighted by Gasteiger charge is -2.11. The van der Waals surface area contributed by atoms with Gasteiger partial charge in [-0.3, -0.25) is 4.79 Å². The van der Waals surface area contributed by atoms with E-state index in [9.17, 15) is 4.79 Å². The molecule has 2 aromatic heterocycles. The van der Waals surface area contributed by atoms with Crippen LogP contribution >= 0.6 is 11.8 Å². The molecule has 0 saturated carbocycles. The van der Waals surface area contributed by atoms with Gasteiger partial charge in [-0.15, -0.1) is 0 Å². The summed E-state index contributed by atoms with van der Waals surface area (Å²) in [6.07, 6.45) is 3.51. The summed E-state index contributed by atoms with van der Waals surface area (Å²) in [5.41, 5.74) is 3.36. The van der Waals surface area contributed by atoms with Crippen molar-refractivity contribution >= 4 is 39.6 Å². The Hall–Kier alpha value is -4.04. The second-order valence-corrected chi connectivity index (χ2v) is 8.49. The molecule has 0 radical (unpaired) electrons. The zero-order chi connectivity index (χ0) is 23.5. The molecule has 0 bridgehead atoms. The lowest BCUT2D eigenvalue weighted by Crippen LogP contribution is -2.15. The maximum Gasteiger partial charge on any atom is 0.234 e. The van der Waals surface area contributed by atoms with Crippen molar-refractivity contribution in [2.24, 2.45) is 0 Å². The van der Waals surface area contributed by atoms with Crippen molar-refractivity contribution in [2.75, 3.05) is 25.3 Å². The molecule has 0 fully saturated rings. The van der Waals surface area contributed by atoms with Gasteiger partial charge < -0.3 is 14.8 Å². The first-order valence-corrected chi connectivity index (χ1v) is 11.6. The molecular weight excluding hydrogens is 448 g/mol. The van der Waals surface area contributed by atoms with Crippen molar-refractivity contribution in [1.29, 1.82) is 0 Å². The van der Waals surface area contributed by atoms with E-state index in [2.05, 4.69) is 34.6 Å². The van der Waals surface area contributed by atoms with Gasteiger partial charge in [-0.2, -0.15) is 5.10 Å². The quantitative estimate of drug-likeness (QED) is 0.325. The van der Waals surface area contributed by atoms with E-state index >= 15 is 0 Å². The van der Waals surface area contributed by atoms with Crippen LogP contribution < -0.4 is 14.8 Å². The number of carbonyl (C=O) groups is 1. The fourth-order valence-electron chi connectivity index (χ4n) is 3.81. The molecule has 3 aromatic carbocycles. The van der Waals surface area contributed by atoms with Crippen LogP contribution in [0.4, 0.5) is 5.69 Å². The summed E-state index contributed by atoms with van der Waals surface area (Å²) in [7, 11) is 3.14. The number of hydrogen-bond donors (Lipinski definition) is 1. The molecule has 0 spiro atoms. The normalized spacial score (nSPS) is 11.0. The van der Waals surface area contributed by atoms with Crippen LogP contribution in [-0.4, -0.2) is 40.5 Å². The number of nitrogens with one attached hydrogen (secondary N) is 1. The number of amides is 1. The van der Waals surface area contributed by atoms with Crippen LogP contribution in [0.2, 0.25) is 0 Å². The van der Waals surface area contributed by atoms with Crippen LogP contribution in [0.1, 0.15) is 0 Å². The highest BCUT2D eigenvalue weighted by Gasteiger charge is 2.14. The zero-order valence-corrected chi connectivity index (χ0v) is 19.5. The highest BCUT2D eigenvalue weighted by molar-refractivity contribution is 8.00. The van der Waals surface area contributed by atoms with Crippen molar-refractivity contribution in [2.45, 2.75) is 5.03 Å². The van der Waals surface area contributed by atoms with Crippen molar-refractivity contribution in [3.05, 3.63) is 79.1 Å². The summed E-state index contributed by atoms with van der Waals surface area (Å²) in [6.45, 7) is 0. The van der Waals surface area contributed by atoms with Crippen LogP contribution in [0.15, 0.2) is 84.1 Å². The maximum absolute atomic E-state index is 12.6. The molecule has 0 aliphatic heterocycles. The van der Waals surface area contributed by atoms with Crippen molar-refractivity contribution in [3.8, 4) is 22.8 Å². The Kier molecular flexibility index (Phi) is 6.05. The monoisotopic (exact) mass is 470 g/mol. The summed E-state index contributed by atoms with van der Waals surface area (Å²) < 4.78 is 12.4. The molecule has 34 heavy (non-hydrogen) atoms. The number of fused-ring (bicyclic) bond motifs is 2. The summed E-state index contributed by atoms with van der Waals surface area (Å²) in [5.74, 6) is 1.22. The van der Waals surface area contributed by atoms with Crippen molar-refractivity contribution in [1.82, 2.24) is 14.6 Å². The van der Waals surface area contributed by atoms with E-state index in [0.717, 1.165) is 32.6 Å². The van der Waals surface area contributed by atoms with E-state index in [0.29, 0.717) is 17.2 Å². The van der Waals surface area contributed by atoms with Gasteiger partial charge in [0.1, 0.15) is 16.5 Å². The van der Waals surface area contributed by atoms with Crippen LogP contribution in [0.3, 0.4) is 0 Å². The summed E-state index contributed by atoms with van der Waals surface area (Å²) in [4.78, 5) is 17.1. The fraction of sp³-hybridized carbons (Fsp3) is 0.115. The SMILES string of the molecule is COc1ccc(NC(=O)CSc2nccn3nc(-c4cccc5ccccc45)cc23)c(OC)c1. The summed E-state index contributed by atoms with van der Waals surface area (Å²) in [5, 5.41) is 10.7. The van der Waals surface area contributed by atoms with Gasteiger partial charge in [0.05, 0.1) is 36.9 Å². The molecule has 1 N–H and O–H groups in total. The molecular formula is C26H22N4O3S. The van der Waals surface area contributed by atoms with Gasteiger partial charge in [0.15, 0.2) is 0 Å². The van der Waals surface area contributed by atoms with Gasteiger partial charge in [-0.1, -0.05) is 54.2 Å². The third kappa shape index (κ3) is 4.27. The molecule has 5 rings (SSSR count). The topological polar surface area (TPSA) is 77.8 Å². The Labute approximate surface area is 200 Å². The van der Waals surface area contributed by atoms with E-state index in [4.69, 9.17) is 14.6 Å². The number of anilines is 1. The maximum atomic E-state index is 12.6. The van der Waals surface area contributed by atoms with Gasteiger partial charge in [-0.25, -0.2) is 9.50 Å². The average molecular weight is 471 g/mol. The van der Waals surface area contributed by atoms with Crippen LogP contribution in [0.5, 0.6) is 11.5 Å². The second kappa shape index (κ2) is 9.44. The first-order valence-electron chi connectivity index (χ1n) is 10.6. The van der Waals surface area contributed by atoms with Gasteiger partial charge in [0.2, 0.25) is 5.91 Å². The van der Waals surface area contributed by atoms with Gasteiger partial charge in [0.25, 0.3) is 0 Å². The number of ether oxygens (including phenoxy) is 2. The zero-order valence-electron chi connectivity index (χ0n) is 18.7. The van der Waals surface area contributed by atoms with Gasteiger partial charge >= 0.3 is 0 Å². The lowest BCUT2D eigenvalue weighted by molar-refractivity contribution is -0.113. The predicted molar refractivity (Wildman–Crippen MR) is 135 cm³/mol. The molecule has 0 saturated heterocycles. The number of nitrogens with zero attached hydrogens (tertiary/aromatic N) is 3. The third-order valence-corrected chi connectivity index (χ3v) is 6.44. The second-order valence-electron chi connectivity index (χ2n) is 7.52. The smallest absolute Gasteiger partial charge is 0.234 e. The standard InChI is InChI=1S/C26H22N4O3S/c1-32-18-10-11-21(24(14-18)33-2)28-25(31)16-34-26-23-15-22(29-30(23)13-12-27-26)20-9-5-7-17-6-3-4-8-19(17)20/h3-15H,16H2,1-2H3,(H,28,31). The van der Waals surface area contributed by atoms with Gasteiger partial charge in [-0.05, 0) is 29.0 Å². The largest absolute Gasteiger partial charge is 0.497 e. The van der Waals surface area contributed by atoms with Gasteiger partial charge in [0, 0.05) is 24.0 Å². The lowest BCUT2D eigenvalue weighted by atomic mass is 10.0. The molecule has 170 valence electrons. The van der Waals surface area contributed by atoms with Crippen LogP contribution in [0.25, 0.3) is 27.5 Å². The van der Waals surface area contributed by atoms with E-state index in [1.807, 2.05) is 30.5 Å². The highest BCUT2D eigenvalue weighted by atomic mass is 32.2. The molecule has 0 aliphatic carbocycles. The minimum Gasteiger partial charge on any atom is -0.497 e. The minimum absolute atomic E-state index is 0.161. The number of hydrogen-bond acceptors (Lipinski definition) is 6. The number of thioether (sulfide) groups is 1. The first-order chi connectivity index (χ1) is 16.7. The molecule has 0 unspecified atom stereocenters. The highest BCUT2D eigenvalue weighted by Crippen LogP contribution is 2.32. The Morgan fingerprint density at radius 1 is 1.03 bits per heavy atom. The Bertz CT molecular complexity index is 1490. The summed E-state index contributed by atoms with van der Waals surface area (Å²) >= 11 is 1.36. The fourth-order valence-corrected chi connectivity index (χ4v) is 4.59. The number of carbonyl (C=O) groups excluding carboxylic acids is 1. The Morgan fingerprint density at radius 3 is 2.74 bits per heavy atom. The minimum atomic E-state index is -0.161. The molecule has 0 atom stereocenters. The van der Waals surface area contributed by atoms with E-state index in [-0.39, 0.29) is 11.7 Å². The van der Waals surface area contributed by atoms with E-state index < -0.39 is 0 Å².